The van der Waals surface area contributed by atoms with E-state index in [-0.39, 0.29) is 0 Å². The number of hydrogen-bond acceptors (Lipinski definition) is 2. The molecule has 4 heteroatoms. The molecule has 1 aromatic carbocycles. The molecular weight excluding hydrogens is 233 g/mol. The Balaban J connectivity index is 2.49. The van der Waals surface area contributed by atoms with Crippen molar-refractivity contribution in [1.82, 2.24) is 0 Å². The van der Waals surface area contributed by atoms with Gasteiger partial charge in [-0.2, -0.15) is 0 Å². The lowest BCUT2D eigenvalue weighted by Crippen LogP contribution is -2.01. The Morgan fingerprint density at radius 2 is 2.07 bits per heavy atom. The van der Waals surface area contributed by atoms with Crippen molar-refractivity contribution in [1.29, 1.82) is 0 Å². The van der Waals surface area contributed by atoms with Crippen LogP contribution in [0.3, 0.4) is 0 Å². The second kappa shape index (κ2) is 6.59. The maximum Gasteiger partial charge on any atom is 0.119 e. The molecule has 0 fully saturated rings. The van der Waals surface area contributed by atoms with Crippen LogP contribution in [0.25, 0.3) is 0 Å². The molecule has 0 saturated heterocycles. The summed E-state index contributed by atoms with van der Waals surface area (Å²) in [7, 11) is 0. The first-order chi connectivity index (χ1) is 7.26. The lowest BCUT2D eigenvalue weighted by molar-refractivity contribution is 0.340. The topological polar surface area (TPSA) is 21.3 Å². The molecule has 82 valence electrons. The van der Waals surface area contributed by atoms with Crippen molar-refractivity contribution in [2.45, 2.75) is 6.92 Å². The number of hydrogen-bond donors (Lipinski definition) is 1. The summed E-state index contributed by atoms with van der Waals surface area (Å²) in [6, 6.07) is 7.68. The van der Waals surface area contributed by atoms with Crippen LogP contribution in [0.4, 0.5) is 5.69 Å². The van der Waals surface area contributed by atoms with Gasteiger partial charge >= 0.3 is 0 Å². The summed E-state index contributed by atoms with van der Waals surface area (Å²) in [5.41, 5.74) is 2.33. The summed E-state index contributed by atoms with van der Waals surface area (Å²) in [6.07, 6.45) is 0. The maximum absolute atomic E-state index is 5.74. The van der Waals surface area contributed by atoms with Crippen LogP contribution in [0.15, 0.2) is 34.8 Å². The highest BCUT2D eigenvalue weighted by Crippen LogP contribution is 2.16. The van der Waals surface area contributed by atoms with Crippen LogP contribution in [0.1, 0.15) is 6.92 Å². The van der Waals surface area contributed by atoms with Gasteiger partial charge in [-0.3, -0.25) is 0 Å². The second-order valence-corrected chi connectivity index (χ2v) is 3.57. The Morgan fingerprint density at radius 3 is 2.60 bits per heavy atom. The predicted molar refractivity (Wildman–Crippen MR) is 65.9 cm³/mol. The minimum atomic E-state index is 0.527. The van der Waals surface area contributed by atoms with E-state index in [9.17, 15) is 0 Å². The summed E-state index contributed by atoms with van der Waals surface area (Å²) in [4.78, 5) is 0. The average Bonchev–Trinajstić information content (AvgIpc) is 2.28. The SMILES string of the molecule is CCOc1ccc(NCC(Cl)=CCl)cc1. The number of benzene rings is 1. The summed E-state index contributed by atoms with van der Waals surface area (Å²) < 4.78 is 5.32. The molecule has 0 aliphatic rings. The monoisotopic (exact) mass is 245 g/mol. The van der Waals surface area contributed by atoms with Gasteiger partial charge in [0, 0.05) is 16.3 Å². The quantitative estimate of drug-likeness (QED) is 0.852. The fourth-order valence-electron chi connectivity index (χ4n) is 1.06. The minimum Gasteiger partial charge on any atom is -0.494 e. The number of anilines is 1. The van der Waals surface area contributed by atoms with Crippen LogP contribution < -0.4 is 10.1 Å². The molecule has 0 heterocycles. The summed E-state index contributed by atoms with van der Waals surface area (Å²) in [5.74, 6) is 0.863. The average molecular weight is 246 g/mol. The van der Waals surface area contributed by atoms with Gasteiger partial charge < -0.3 is 10.1 Å². The summed E-state index contributed by atoms with van der Waals surface area (Å²) in [6.45, 7) is 3.16. The predicted octanol–water partition coefficient (Wildman–Crippen LogP) is 3.82. The molecule has 15 heavy (non-hydrogen) atoms. The smallest absolute Gasteiger partial charge is 0.119 e. The molecule has 0 unspecified atom stereocenters. The number of nitrogens with one attached hydrogen (secondary N) is 1. The maximum atomic E-state index is 5.74. The second-order valence-electron chi connectivity index (χ2n) is 2.87. The third-order valence-corrected chi connectivity index (χ3v) is 2.36. The van der Waals surface area contributed by atoms with Crippen LogP contribution in [0.5, 0.6) is 5.75 Å². The summed E-state index contributed by atoms with van der Waals surface area (Å²) >= 11 is 11.2. The van der Waals surface area contributed by atoms with Crippen molar-refractivity contribution in [3.05, 3.63) is 34.8 Å². The molecule has 0 aliphatic heterocycles. The van der Waals surface area contributed by atoms with E-state index in [2.05, 4.69) is 5.32 Å². The molecule has 1 aromatic rings. The van der Waals surface area contributed by atoms with Gasteiger partial charge in [0.2, 0.25) is 0 Å². The first-order valence-electron chi connectivity index (χ1n) is 4.67. The molecule has 1 rings (SSSR count). The van der Waals surface area contributed by atoms with Crippen LogP contribution in [-0.2, 0) is 0 Å². The zero-order valence-electron chi connectivity index (χ0n) is 8.47. The van der Waals surface area contributed by atoms with Gasteiger partial charge in [-0.25, -0.2) is 0 Å². The molecule has 0 bridgehead atoms. The van der Waals surface area contributed by atoms with E-state index in [0.29, 0.717) is 18.2 Å². The van der Waals surface area contributed by atoms with E-state index in [0.717, 1.165) is 11.4 Å². The van der Waals surface area contributed by atoms with Gasteiger partial charge in [0.25, 0.3) is 0 Å². The van der Waals surface area contributed by atoms with E-state index in [4.69, 9.17) is 27.9 Å². The molecule has 0 atom stereocenters. The standard InChI is InChI=1S/C11H13Cl2NO/c1-2-15-11-5-3-10(4-6-11)14-8-9(13)7-12/h3-7,14H,2,8H2,1H3. The van der Waals surface area contributed by atoms with E-state index in [1.165, 1.54) is 5.54 Å². The van der Waals surface area contributed by atoms with Crippen LogP contribution in [-0.4, -0.2) is 13.2 Å². The molecule has 0 amide bonds. The summed E-state index contributed by atoms with van der Waals surface area (Å²) in [5, 5.41) is 3.70. The van der Waals surface area contributed by atoms with Gasteiger partial charge in [0.1, 0.15) is 5.75 Å². The zero-order valence-corrected chi connectivity index (χ0v) is 9.98. The van der Waals surface area contributed by atoms with Gasteiger partial charge in [-0.15, -0.1) is 0 Å². The number of halogens is 2. The Kier molecular flexibility index (Phi) is 5.37. The van der Waals surface area contributed by atoms with Crippen molar-refractivity contribution < 1.29 is 4.74 Å². The molecule has 0 radical (unpaired) electrons. The highest BCUT2D eigenvalue weighted by molar-refractivity contribution is 6.36. The molecule has 0 aliphatic carbocycles. The third-order valence-electron chi connectivity index (χ3n) is 1.75. The first-order valence-corrected chi connectivity index (χ1v) is 5.49. The minimum absolute atomic E-state index is 0.527. The Hall–Kier alpha value is -0.860. The molecule has 0 spiro atoms. The zero-order chi connectivity index (χ0) is 11.1. The normalized spacial score (nSPS) is 11.3. The van der Waals surface area contributed by atoms with Gasteiger partial charge in [0.15, 0.2) is 0 Å². The van der Waals surface area contributed by atoms with E-state index < -0.39 is 0 Å². The Bertz CT molecular complexity index is 322. The van der Waals surface area contributed by atoms with Gasteiger partial charge in [-0.1, -0.05) is 23.2 Å². The highest BCUT2D eigenvalue weighted by atomic mass is 35.5. The highest BCUT2D eigenvalue weighted by Gasteiger charge is 1.95. The fourth-order valence-corrected chi connectivity index (χ4v) is 1.20. The number of ether oxygens (including phenoxy) is 1. The van der Waals surface area contributed by atoms with Crippen molar-refractivity contribution in [2.24, 2.45) is 0 Å². The van der Waals surface area contributed by atoms with Crippen molar-refractivity contribution in [3.63, 3.8) is 0 Å². The molecule has 2 nitrogen and oxygen atoms in total. The van der Waals surface area contributed by atoms with E-state index >= 15 is 0 Å². The molecule has 0 aromatic heterocycles. The third kappa shape index (κ3) is 4.45. The molecule has 1 N–H and O–H groups in total. The van der Waals surface area contributed by atoms with Crippen molar-refractivity contribution in [3.8, 4) is 5.75 Å². The largest absolute Gasteiger partial charge is 0.494 e. The van der Waals surface area contributed by atoms with Crippen molar-refractivity contribution >= 4 is 28.9 Å². The Labute approximate surface area is 99.8 Å². The Morgan fingerprint density at radius 1 is 1.40 bits per heavy atom. The van der Waals surface area contributed by atoms with Gasteiger partial charge in [-0.05, 0) is 31.2 Å². The van der Waals surface area contributed by atoms with Crippen LogP contribution in [0, 0.1) is 0 Å². The van der Waals surface area contributed by atoms with Crippen LogP contribution in [0.2, 0.25) is 0 Å². The van der Waals surface area contributed by atoms with E-state index in [1.807, 2.05) is 31.2 Å². The lowest BCUT2D eigenvalue weighted by atomic mass is 10.3. The fraction of sp³-hybridized carbons (Fsp3) is 0.273. The molecule has 0 saturated carbocycles. The lowest BCUT2D eigenvalue weighted by Gasteiger charge is -2.06. The van der Waals surface area contributed by atoms with Gasteiger partial charge in [0.05, 0.1) is 13.2 Å². The number of rotatable bonds is 5. The molecular formula is C11H13Cl2NO. The van der Waals surface area contributed by atoms with E-state index in [1.54, 1.807) is 0 Å². The van der Waals surface area contributed by atoms with Crippen molar-refractivity contribution in [2.75, 3.05) is 18.5 Å². The first kappa shape index (κ1) is 12.2. The van der Waals surface area contributed by atoms with Crippen LogP contribution >= 0.6 is 23.2 Å².